The lowest BCUT2D eigenvalue weighted by atomic mass is 10.0. The van der Waals surface area contributed by atoms with Gasteiger partial charge in [-0.1, -0.05) is 26.1 Å². The third-order valence-electron chi connectivity index (χ3n) is 2.99. The molecule has 1 saturated heterocycles. The number of hydrogen-bond donors (Lipinski definition) is 2. The van der Waals surface area contributed by atoms with Gasteiger partial charge in [-0.2, -0.15) is 0 Å². The number of carbonyl (C=O) groups is 1. The molecule has 1 heterocycles. The van der Waals surface area contributed by atoms with E-state index in [1.165, 1.54) is 6.42 Å². The van der Waals surface area contributed by atoms with Crippen molar-refractivity contribution in [2.24, 2.45) is 11.7 Å². The molecular formula is C11H21N3OS. The molecule has 0 saturated carbocycles. The summed E-state index contributed by atoms with van der Waals surface area (Å²) in [6, 6.07) is -0.217. The van der Waals surface area contributed by atoms with E-state index in [2.05, 4.69) is 12.2 Å². The fourth-order valence-electron chi connectivity index (χ4n) is 1.99. The smallest absolute Gasteiger partial charge is 0.317 e. The van der Waals surface area contributed by atoms with Crippen LogP contribution >= 0.6 is 12.2 Å². The van der Waals surface area contributed by atoms with Gasteiger partial charge in [-0.3, -0.25) is 0 Å². The van der Waals surface area contributed by atoms with Gasteiger partial charge in [-0.05, 0) is 25.2 Å². The predicted molar refractivity (Wildman–Crippen MR) is 69.4 cm³/mol. The summed E-state index contributed by atoms with van der Waals surface area (Å²) in [5, 5.41) is 2.88. The Morgan fingerprint density at radius 3 is 2.88 bits per heavy atom. The van der Waals surface area contributed by atoms with Gasteiger partial charge in [0.2, 0.25) is 0 Å². The van der Waals surface area contributed by atoms with Crippen LogP contribution in [0.1, 0.15) is 33.1 Å². The second-order valence-electron chi connectivity index (χ2n) is 4.51. The van der Waals surface area contributed by atoms with E-state index in [0.717, 1.165) is 25.9 Å². The molecule has 92 valence electrons. The summed E-state index contributed by atoms with van der Waals surface area (Å²) in [6.45, 7) is 5.80. The number of urea groups is 1. The summed E-state index contributed by atoms with van der Waals surface area (Å²) >= 11 is 4.90. The van der Waals surface area contributed by atoms with E-state index in [1.807, 2.05) is 11.8 Å². The Balaban J connectivity index is 2.47. The number of amides is 2. The molecule has 5 heteroatoms. The van der Waals surface area contributed by atoms with Gasteiger partial charge in [0, 0.05) is 13.1 Å². The molecule has 0 aromatic rings. The van der Waals surface area contributed by atoms with Crippen LogP contribution in [0.15, 0.2) is 0 Å². The molecule has 2 atom stereocenters. The van der Waals surface area contributed by atoms with Gasteiger partial charge < -0.3 is 16.0 Å². The molecule has 1 fully saturated rings. The number of piperidine rings is 1. The maximum atomic E-state index is 11.9. The van der Waals surface area contributed by atoms with Gasteiger partial charge in [0.1, 0.15) is 0 Å². The second-order valence-corrected chi connectivity index (χ2v) is 4.98. The molecular weight excluding hydrogens is 222 g/mol. The monoisotopic (exact) mass is 243 g/mol. The number of likely N-dealkylation sites (tertiary alicyclic amines) is 1. The zero-order chi connectivity index (χ0) is 12.1. The Bertz CT molecular complexity index is 270. The van der Waals surface area contributed by atoms with E-state index in [0.29, 0.717) is 10.9 Å². The van der Waals surface area contributed by atoms with Crippen molar-refractivity contribution >= 4 is 23.2 Å². The Kier molecular flexibility index (Phi) is 4.99. The van der Waals surface area contributed by atoms with Crippen molar-refractivity contribution in [3.05, 3.63) is 0 Å². The van der Waals surface area contributed by atoms with Crippen LogP contribution in [0.4, 0.5) is 4.79 Å². The lowest BCUT2D eigenvalue weighted by Gasteiger charge is -2.32. The number of carbonyl (C=O) groups excluding carboxylic acids is 1. The van der Waals surface area contributed by atoms with Crippen LogP contribution in [-0.4, -0.2) is 35.1 Å². The number of nitrogens with one attached hydrogen (secondary N) is 1. The Morgan fingerprint density at radius 2 is 2.38 bits per heavy atom. The molecule has 1 aliphatic heterocycles. The first-order valence-electron chi connectivity index (χ1n) is 5.89. The van der Waals surface area contributed by atoms with E-state index < -0.39 is 0 Å². The zero-order valence-electron chi connectivity index (χ0n) is 10.0. The van der Waals surface area contributed by atoms with Crippen LogP contribution in [0, 0.1) is 5.92 Å². The van der Waals surface area contributed by atoms with Crippen molar-refractivity contribution in [3.63, 3.8) is 0 Å². The lowest BCUT2D eigenvalue weighted by Crippen LogP contribution is -2.51. The number of nitrogens with zero attached hydrogens (tertiary/aromatic N) is 1. The normalized spacial score (nSPS) is 22.6. The number of rotatable bonds is 3. The molecule has 1 aliphatic rings. The largest absolute Gasteiger partial charge is 0.392 e. The van der Waals surface area contributed by atoms with Gasteiger partial charge in [0.15, 0.2) is 0 Å². The van der Waals surface area contributed by atoms with Crippen molar-refractivity contribution in [1.82, 2.24) is 10.2 Å². The maximum absolute atomic E-state index is 11.9. The minimum absolute atomic E-state index is 0.0359. The van der Waals surface area contributed by atoms with E-state index in [-0.39, 0.29) is 12.1 Å². The predicted octanol–water partition coefficient (Wildman–Crippen LogP) is 1.49. The van der Waals surface area contributed by atoms with Gasteiger partial charge in [-0.25, -0.2) is 4.79 Å². The van der Waals surface area contributed by atoms with Crippen LogP contribution in [0.5, 0.6) is 0 Å². The first-order valence-corrected chi connectivity index (χ1v) is 6.30. The van der Waals surface area contributed by atoms with Crippen LogP contribution < -0.4 is 11.1 Å². The summed E-state index contributed by atoms with van der Waals surface area (Å²) < 4.78 is 0. The highest BCUT2D eigenvalue weighted by Gasteiger charge is 2.23. The molecule has 0 radical (unpaired) electrons. The highest BCUT2D eigenvalue weighted by molar-refractivity contribution is 7.80. The molecule has 3 N–H and O–H groups in total. The second kappa shape index (κ2) is 6.03. The third kappa shape index (κ3) is 3.63. The van der Waals surface area contributed by atoms with Crippen molar-refractivity contribution in [2.75, 3.05) is 13.1 Å². The summed E-state index contributed by atoms with van der Waals surface area (Å²) in [7, 11) is 0. The SMILES string of the molecule is CCC(NC(=O)N1CCCC(C)C1)C(N)=S. The first-order chi connectivity index (χ1) is 7.54. The average Bonchev–Trinajstić information content (AvgIpc) is 2.25. The Hall–Kier alpha value is -0.840. The van der Waals surface area contributed by atoms with Crippen LogP contribution in [-0.2, 0) is 0 Å². The van der Waals surface area contributed by atoms with Crippen molar-refractivity contribution < 1.29 is 4.79 Å². The Morgan fingerprint density at radius 1 is 1.69 bits per heavy atom. The van der Waals surface area contributed by atoms with E-state index >= 15 is 0 Å². The fourth-order valence-corrected chi connectivity index (χ4v) is 2.21. The summed E-state index contributed by atoms with van der Waals surface area (Å²) in [5.41, 5.74) is 5.55. The van der Waals surface area contributed by atoms with Gasteiger partial charge in [0.05, 0.1) is 11.0 Å². The molecule has 0 aliphatic carbocycles. The highest BCUT2D eigenvalue weighted by Crippen LogP contribution is 2.15. The molecule has 16 heavy (non-hydrogen) atoms. The van der Waals surface area contributed by atoms with Crippen LogP contribution in [0.25, 0.3) is 0 Å². The van der Waals surface area contributed by atoms with E-state index in [9.17, 15) is 4.79 Å². The van der Waals surface area contributed by atoms with Crippen LogP contribution in [0.2, 0.25) is 0 Å². The molecule has 0 bridgehead atoms. The number of hydrogen-bond acceptors (Lipinski definition) is 2. The Labute approximate surface area is 103 Å². The molecule has 1 rings (SSSR count). The average molecular weight is 243 g/mol. The summed E-state index contributed by atoms with van der Waals surface area (Å²) in [5.74, 6) is 0.587. The molecule has 0 aromatic carbocycles. The zero-order valence-corrected chi connectivity index (χ0v) is 10.8. The third-order valence-corrected chi connectivity index (χ3v) is 3.28. The van der Waals surface area contributed by atoms with Crippen molar-refractivity contribution in [3.8, 4) is 0 Å². The number of nitrogens with two attached hydrogens (primary N) is 1. The quantitative estimate of drug-likeness (QED) is 0.738. The van der Waals surface area contributed by atoms with Gasteiger partial charge in [-0.15, -0.1) is 0 Å². The topological polar surface area (TPSA) is 58.4 Å². The van der Waals surface area contributed by atoms with E-state index in [4.69, 9.17) is 18.0 Å². The molecule has 0 spiro atoms. The van der Waals surface area contributed by atoms with Gasteiger partial charge >= 0.3 is 6.03 Å². The summed E-state index contributed by atoms with van der Waals surface area (Å²) in [4.78, 5) is 14.1. The highest BCUT2D eigenvalue weighted by atomic mass is 32.1. The molecule has 2 unspecified atom stereocenters. The standard InChI is InChI=1S/C11H21N3OS/c1-3-9(10(12)16)13-11(15)14-6-4-5-8(2)7-14/h8-9H,3-7H2,1-2H3,(H2,12,16)(H,13,15). The molecule has 0 aromatic heterocycles. The molecule has 4 nitrogen and oxygen atoms in total. The minimum Gasteiger partial charge on any atom is -0.392 e. The van der Waals surface area contributed by atoms with Gasteiger partial charge in [0.25, 0.3) is 0 Å². The number of thiocarbonyl (C=S) groups is 1. The lowest BCUT2D eigenvalue weighted by molar-refractivity contribution is 0.168. The van der Waals surface area contributed by atoms with Crippen molar-refractivity contribution in [2.45, 2.75) is 39.2 Å². The fraction of sp³-hybridized carbons (Fsp3) is 0.818. The van der Waals surface area contributed by atoms with Crippen molar-refractivity contribution in [1.29, 1.82) is 0 Å². The summed E-state index contributed by atoms with van der Waals surface area (Å²) in [6.07, 6.45) is 3.03. The first kappa shape index (κ1) is 13.2. The maximum Gasteiger partial charge on any atom is 0.317 e. The van der Waals surface area contributed by atoms with E-state index in [1.54, 1.807) is 0 Å². The van der Waals surface area contributed by atoms with Crippen LogP contribution in [0.3, 0.4) is 0 Å². The minimum atomic E-state index is -0.181. The molecule has 2 amide bonds.